The highest BCUT2D eigenvalue weighted by molar-refractivity contribution is 5.64. The van der Waals surface area contributed by atoms with Crippen molar-refractivity contribution in [3.05, 3.63) is 54.1 Å². The van der Waals surface area contributed by atoms with E-state index in [1.165, 1.54) is 36.8 Å². The number of hydrogen-bond donors (Lipinski definition) is 0. The first kappa shape index (κ1) is 14.7. The fourth-order valence-corrected chi connectivity index (χ4v) is 3.31. The summed E-state index contributed by atoms with van der Waals surface area (Å²) in [5, 5.41) is 8.50. The predicted molar refractivity (Wildman–Crippen MR) is 88.5 cm³/mol. The molecule has 0 radical (unpaired) electrons. The van der Waals surface area contributed by atoms with Crippen LogP contribution < -0.4 is 4.74 Å². The molecule has 0 aliphatic heterocycles. The Kier molecular flexibility index (Phi) is 4.44. The van der Waals surface area contributed by atoms with Crippen molar-refractivity contribution in [1.29, 1.82) is 5.26 Å². The quantitative estimate of drug-likeness (QED) is 0.699. The first-order valence-corrected chi connectivity index (χ1v) is 8.02. The van der Waals surface area contributed by atoms with Crippen molar-refractivity contribution in [3.8, 4) is 23.1 Å². The fourth-order valence-electron chi connectivity index (χ4n) is 3.31. The maximum absolute atomic E-state index is 8.50. The Bertz CT molecular complexity index is 644. The Morgan fingerprint density at radius 2 is 1.41 bits per heavy atom. The van der Waals surface area contributed by atoms with Gasteiger partial charge in [0.1, 0.15) is 5.75 Å². The summed E-state index contributed by atoms with van der Waals surface area (Å²) in [6.45, 7) is 2.36. The van der Waals surface area contributed by atoms with E-state index in [1.807, 2.05) is 24.3 Å². The van der Waals surface area contributed by atoms with E-state index in [9.17, 15) is 0 Å². The summed E-state index contributed by atoms with van der Waals surface area (Å²) in [6.07, 6.45) is 7.04. The zero-order valence-electron chi connectivity index (χ0n) is 13.0. The average molecular weight is 291 g/mol. The van der Waals surface area contributed by atoms with E-state index < -0.39 is 0 Å². The van der Waals surface area contributed by atoms with Gasteiger partial charge >= 0.3 is 0 Å². The molecular weight excluding hydrogens is 270 g/mol. The van der Waals surface area contributed by atoms with Crippen LogP contribution in [0.4, 0.5) is 0 Å². The Balaban J connectivity index is 1.72. The minimum atomic E-state index is 0.583. The largest absolute Gasteiger partial charge is 0.388 e. The van der Waals surface area contributed by atoms with Crippen molar-refractivity contribution < 1.29 is 4.74 Å². The van der Waals surface area contributed by atoms with Crippen molar-refractivity contribution in [2.45, 2.75) is 38.5 Å². The molecule has 2 heteroatoms. The SMILES string of the molecule is CC1CCC(c2ccc(-c3ccc(OC#N)cc3)cc2)CC1. The van der Waals surface area contributed by atoms with Crippen LogP contribution in [0.5, 0.6) is 5.75 Å². The molecule has 0 amide bonds. The molecule has 112 valence electrons. The number of nitrogens with zero attached hydrogens (tertiary/aromatic N) is 1. The second-order valence-corrected chi connectivity index (χ2v) is 6.30. The first-order valence-electron chi connectivity index (χ1n) is 8.02. The molecule has 0 saturated heterocycles. The Morgan fingerprint density at radius 3 is 1.95 bits per heavy atom. The van der Waals surface area contributed by atoms with E-state index in [2.05, 4.69) is 31.2 Å². The van der Waals surface area contributed by atoms with Gasteiger partial charge in [-0.25, -0.2) is 0 Å². The van der Waals surface area contributed by atoms with Gasteiger partial charge in [0.25, 0.3) is 6.26 Å². The van der Waals surface area contributed by atoms with E-state index in [4.69, 9.17) is 10.00 Å². The molecule has 1 fully saturated rings. The highest BCUT2D eigenvalue weighted by atomic mass is 16.5. The second kappa shape index (κ2) is 6.66. The monoisotopic (exact) mass is 291 g/mol. The third kappa shape index (κ3) is 3.31. The molecule has 0 spiro atoms. The third-order valence-electron chi connectivity index (χ3n) is 4.75. The van der Waals surface area contributed by atoms with Crippen molar-refractivity contribution in [2.75, 3.05) is 0 Å². The van der Waals surface area contributed by atoms with Crippen LogP contribution in [0.1, 0.15) is 44.1 Å². The zero-order valence-corrected chi connectivity index (χ0v) is 13.0. The molecule has 0 aromatic heterocycles. The molecule has 0 unspecified atom stereocenters. The van der Waals surface area contributed by atoms with Crippen molar-refractivity contribution in [1.82, 2.24) is 0 Å². The maximum atomic E-state index is 8.50. The summed E-state index contributed by atoms with van der Waals surface area (Å²) in [5.74, 6) is 2.21. The topological polar surface area (TPSA) is 33.0 Å². The first-order chi connectivity index (χ1) is 10.8. The van der Waals surface area contributed by atoms with E-state index >= 15 is 0 Å². The number of benzene rings is 2. The zero-order chi connectivity index (χ0) is 15.4. The van der Waals surface area contributed by atoms with Crippen molar-refractivity contribution in [3.63, 3.8) is 0 Å². The minimum absolute atomic E-state index is 0.583. The highest BCUT2D eigenvalue weighted by Gasteiger charge is 2.19. The standard InChI is InChI=1S/C20H21NO/c1-15-2-4-16(5-3-15)17-6-8-18(9-7-17)19-10-12-20(13-11-19)22-14-21/h6-13,15-16H,2-5H2,1H3. The van der Waals surface area contributed by atoms with E-state index in [0.717, 1.165) is 17.4 Å². The van der Waals surface area contributed by atoms with Crippen LogP contribution in [0.25, 0.3) is 11.1 Å². The summed E-state index contributed by atoms with van der Waals surface area (Å²) in [4.78, 5) is 0. The molecule has 3 rings (SSSR count). The predicted octanol–water partition coefficient (Wildman–Crippen LogP) is 5.51. The molecule has 2 nitrogen and oxygen atoms in total. The van der Waals surface area contributed by atoms with E-state index in [-0.39, 0.29) is 0 Å². The van der Waals surface area contributed by atoms with Gasteiger partial charge in [0.2, 0.25) is 0 Å². The lowest BCUT2D eigenvalue weighted by atomic mass is 9.79. The van der Waals surface area contributed by atoms with Gasteiger partial charge in [0.15, 0.2) is 0 Å². The number of ether oxygens (including phenoxy) is 1. The van der Waals surface area contributed by atoms with Gasteiger partial charge in [0.05, 0.1) is 0 Å². The minimum Gasteiger partial charge on any atom is -0.388 e. The van der Waals surface area contributed by atoms with Crippen LogP contribution >= 0.6 is 0 Å². The van der Waals surface area contributed by atoms with Gasteiger partial charge < -0.3 is 4.74 Å². The van der Waals surface area contributed by atoms with Gasteiger partial charge in [0, 0.05) is 0 Å². The number of hydrogen-bond acceptors (Lipinski definition) is 2. The molecule has 0 heterocycles. The van der Waals surface area contributed by atoms with Gasteiger partial charge in [-0.3, -0.25) is 0 Å². The maximum Gasteiger partial charge on any atom is 0.292 e. The molecule has 22 heavy (non-hydrogen) atoms. The molecule has 1 aliphatic rings. The third-order valence-corrected chi connectivity index (χ3v) is 4.75. The molecule has 0 bridgehead atoms. The summed E-state index contributed by atoms with van der Waals surface area (Å²) in [6, 6.07) is 16.6. The fraction of sp³-hybridized carbons (Fsp3) is 0.350. The Labute approximate surface area is 132 Å². The smallest absolute Gasteiger partial charge is 0.292 e. The Morgan fingerprint density at radius 1 is 0.864 bits per heavy atom. The van der Waals surface area contributed by atoms with Crippen LogP contribution in [0.3, 0.4) is 0 Å². The summed E-state index contributed by atoms with van der Waals surface area (Å²) < 4.78 is 4.81. The van der Waals surface area contributed by atoms with Crippen LogP contribution in [0.2, 0.25) is 0 Å². The molecular formula is C20H21NO. The average Bonchev–Trinajstić information content (AvgIpc) is 2.57. The molecule has 0 N–H and O–H groups in total. The summed E-state index contributed by atoms with van der Waals surface area (Å²) >= 11 is 0. The molecule has 2 aromatic carbocycles. The highest BCUT2D eigenvalue weighted by Crippen LogP contribution is 2.36. The Hall–Kier alpha value is -2.27. The lowest BCUT2D eigenvalue weighted by Gasteiger charge is -2.26. The van der Waals surface area contributed by atoms with Crippen molar-refractivity contribution in [2.24, 2.45) is 5.92 Å². The summed E-state index contributed by atoms with van der Waals surface area (Å²) in [7, 11) is 0. The number of rotatable bonds is 3. The lowest BCUT2D eigenvalue weighted by molar-refractivity contribution is 0.348. The van der Waals surface area contributed by atoms with Gasteiger partial charge in [-0.15, -0.1) is 5.26 Å². The van der Waals surface area contributed by atoms with Gasteiger partial charge in [-0.1, -0.05) is 56.2 Å². The second-order valence-electron chi connectivity index (χ2n) is 6.30. The van der Waals surface area contributed by atoms with Crippen LogP contribution in [-0.4, -0.2) is 0 Å². The molecule has 2 aromatic rings. The lowest BCUT2D eigenvalue weighted by Crippen LogP contribution is -2.10. The van der Waals surface area contributed by atoms with Crippen molar-refractivity contribution >= 4 is 0 Å². The van der Waals surface area contributed by atoms with E-state index in [0.29, 0.717) is 5.75 Å². The van der Waals surface area contributed by atoms with Gasteiger partial charge in [-0.2, -0.15) is 0 Å². The molecule has 0 atom stereocenters. The van der Waals surface area contributed by atoms with Crippen LogP contribution in [0, 0.1) is 17.4 Å². The van der Waals surface area contributed by atoms with E-state index in [1.54, 1.807) is 6.26 Å². The number of nitriles is 1. The molecule has 1 saturated carbocycles. The summed E-state index contributed by atoms with van der Waals surface area (Å²) in [5.41, 5.74) is 3.82. The van der Waals surface area contributed by atoms with Crippen LogP contribution in [0.15, 0.2) is 48.5 Å². The van der Waals surface area contributed by atoms with Crippen LogP contribution in [-0.2, 0) is 0 Å². The normalized spacial score (nSPS) is 21.1. The molecule has 1 aliphatic carbocycles. The van der Waals surface area contributed by atoms with Gasteiger partial charge in [-0.05, 0) is 53.5 Å².